The van der Waals surface area contributed by atoms with Gasteiger partial charge in [-0.1, -0.05) is 0 Å². The summed E-state index contributed by atoms with van der Waals surface area (Å²) in [7, 11) is 0. The van der Waals surface area contributed by atoms with Crippen molar-refractivity contribution in [3.8, 4) is 0 Å². The summed E-state index contributed by atoms with van der Waals surface area (Å²) in [5.74, 6) is -5.85. The number of rotatable bonds is 5. The molecule has 0 aromatic heterocycles. The first-order valence-corrected chi connectivity index (χ1v) is 4.10. The molecule has 0 amide bonds. The fourth-order valence-corrected chi connectivity index (χ4v) is 0.714. The van der Waals surface area contributed by atoms with E-state index < -0.39 is 42.3 Å². The average Bonchev–Trinajstić information content (AvgIpc) is 1.98. The standard InChI is InChI=1S/C6H8O7.C2H4O2.H3N/c7-3(8)1-6(13,5(11)12)2-4(9)10;1-2(3)4;/h13H,1-2H2,(H,7,8)(H,9,10)(H,11,12);1H3,(H,3,4);1H3. The van der Waals surface area contributed by atoms with E-state index in [1.807, 2.05) is 0 Å². The minimum atomic E-state index is -2.74. The first-order chi connectivity index (χ1) is 7.51. The van der Waals surface area contributed by atoms with E-state index in [4.69, 9.17) is 30.3 Å². The molecule has 10 nitrogen and oxygen atoms in total. The molecule has 8 N–H and O–H groups in total. The summed E-state index contributed by atoms with van der Waals surface area (Å²) in [6.45, 7) is 1.08. The van der Waals surface area contributed by atoms with Crippen molar-refractivity contribution in [1.29, 1.82) is 0 Å². The normalized spacial score (nSPS) is 9.22. The molecule has 0 saturated carbocycles. The van der Waals surface area contributed by atoms with Crippen molar-refractivity contribution in [2.75, 3.05) is 0 Å². The molecule has 10 heteroatoms. The third-order valence-corrected chi connectivity index (χ3v) is 1.29. The van der Waals surface area contributed by atoms with Gasteiger partial charge < -0.3 is 31.7 Å². The largest absolute Gasteiger partial charge is 0.481 e. The van der Waals surface area contributed by atoms with E-state index in [1.165, 1.54) is 0 Å². The van der Waals surface area contributed by atoms with E-state index in [0.717, 1.165) is 6.92 Å². The topological polar surface area (TPSA) is 204 Å². The maximum Gasteiger partial charge on any atom is 0.336 e. The van der Waals surface area contributed by atoms with Crippen LogP contribution in [-0.4, -0.2) is 55.0 Å². The van der Waals surface area contributed by atoms with Gasteiger partial charge in [0.2, 0.25) is 0 Å². The Labute approximate surface area is 101 Å². The molecule has 0 unspecified atom stereocenters. The highest BCUT2D eigenvalue weighted by Gasteiger charge is 2.40. The minimum absolute atomic E-state index is 0. The summed E-state index contributed by atoms with van der Waals surface area (Å²) in [6.07, 6.45) is -2.29. The highest BCUT2D eigenvalue weighted by atomic mass is 16.4. The summed E-state index contributed by atoms with van der Waals surface area (Å²) in [6, 6.07) is 0. The van der Waals surface area contributed by atoms with Crippen molar-refractivity contribution >= 4 is 23.9 Å². The SMILES string of the molecule is CC(=O)O.N.O=C(O)CC(O)(CC(=O)O)C(=O)O. The second-order valence-corrected chi connectivity index (χ2v) is 3.00. The monoisotopic (exact) mass is 269 g/mol. The van der Waals surface area contributed by atoms with Crippen LogP contribution in [-0.2, 0) is 19.2 Å². The third kappa shape index (κ3) is 11.9. The third-order valence-electron chi connectivity index (χ3n) is 1.29. The van der Waals surface area contributed by atoms with Gasteiger partial charge in [-0.15, -0.1) is 0 Å². The fourth-order valence-electron chi connectivity index (χ4n) is 0.714. The Balaban J connectivity index is -0.000000392. The van der Waals surface area contributed by atoms with Crippen LogP contribution in [0.15, 0.2) is 0 Å². The fraction of sp³-hybridized carbons (Fsp3) is 0.500. The molecule has 0 aliphatic heterocycles. The summed E-state index contributed by atoms with van der Waals surface area (Å²) in [5, 5.41) is 41.2. The molecule has 0 aromatic rings. The van der Waals surface area contributed by atoms with E-state index in [0.29, 0.717) is 0 Å². The zero-order valence-electron chi connectivity index (χ0n) is 9.49. The second-order valence-electron chi connectivity index (χ2n) is 3.00. The van der Waals surface area contributed by atoms with E-state index in [2.05, 4.69) is 0 Å². The van der Waals surface area contributed by atoms with Crippen LogP contribution in [0.5, 0.6) is 0 Å². The summed E-state index contributed by atoms with van der Waals surface area (Å²) in [5.41, 5.74) is -2.74. The van der Waals surface area contributed by atoms with Gasteiger partial charge in [-0.2, -0.15) is 0 Å². The molecule has 106 valence electrons. The average molecular weight is 269 g/mol. The summed E-state index contributed by atoms with van der Waals surface area (Å²) >= 11 is 0. The van der Waals surface area contributed by atoms with Crippen molar-refractivity contribution in [3.63, 3.8) is 0 Å². The lowest BCUT2D eigenvalue weighted by molar-refractivity contribution is -0.170. The molecule has 0 saturated heterocycles. The van der Waals surface area contributed by atoms with Gasteiger partial charge in [0.1, 0.15) is 0 Å². The van der Waals surface area contributed by atoms with Crippen LogP contribution in [0.2, 0.25) is 0 Å². The summed E-state index contributed by atoms with van der Waals surface area (Å²) < 4.78 is 0. The molecular formula is C8H15NO9. The smallest absolute Gasteiger partial charge is 0.336 e. The molecule has 0 spiro atoms. The molecule has 0 aliphatic rings. The van der Waals surface area contributed by atoms with Gasteiger partial charge in [-0.3, -0.25) is 14.4 Å². The lowest BCUT2D eigenvalue weighted by Gasteiger charge is -2.18. The molecule has 18 heavy (non-hydrogen) atoms. The maximum atomic E-state index is 10.3. The van der Waals surface area contributed by atoms with Gasteiger partial charge in [-0.25, -0.2) is 4.79 Å². The van der Waals surface area contributed by atoms with Crippen LogP contribution < -0.4 is 6.15 Å². The van der Waals surface area contributed by atoms with E-state index in [9.17, 15) is 14.4 Å². The molecular weight excluding hydrogens is 254 g/mol. The zero-order valence-corrected chi connectivity index (χ0v) is 9.49. The van der Waals surface area contributed by atoms with Gasteiger partial charge in [0, 0.05) is 6.92 Å². The Hall–Kier alpha value is -2.20. The van der Waals surface area contributed by atoms with Crippen molar-refractivity contribution in [1.82, 2.24) is 6.15 Å². The first kappa shape index (κ1) is 21.1. The van der Waals surface area contributed by atoms with Gasteiger partial charge in [-0.05, 0) is 0 Å². The quantitative estimate of drug-likeness (QED) is 0.359. The number of carboxylic acid groups (broad SMARTS) is 4. The molecule has 0 atom stereocenters. The van der Waals surface area contributed by atoms with Crippen LogP contribution >= 0.6 is 0 Å². The number of aliphatic carboxylic acids is 4. The highest BCUT2D eigenvalue weighted by molar-refractivity contribution is 5.88. The molecule has 0 heterocycles. The summed E-state index contributed by atoms with van der Waals surface area (Å²) in [4.78, 5) is 39.5. The van der Waals surface area contributed by atoms with Crippen LogP contribution in [0.25, 0.3) is 0 Å². The van der Waals surface area contributed by atoms with Gasteiger partial charge in [0.25, 0.3) is 5.97 Å². The lowest BCUT2D eigenvalue weighted by Crippen LogP contribution is -2.42. The molecule has 0 bridgehead atoms. The Kier molecular flexibility index (Phi) is 10.4. The number of carboxylic acids is 4. The predicted molar refractivity (Wildman–Crippen MR) is 55.4 cm³/mol. The lowest BCUT2D eigenvalue weighted by atomic mass is 9.96. The van der Waals surface area contributed by atoms with Crippen LogP contribution in [0.4, 0.5) is 0 Å². The first-order valence-electron chi connectivity index (χ1n) is 4.10. The Morgan fingerprint density at radius 1 is 0.889 bits per heavy atom. The number of hydrogen-bond donors (Lipinski definition) is 6. The Morgan fingerprint density at radius 3 is 1.22 bits per heavy atom. The Morgan fingerprint density at radius 2 is 1.11 bits per heavy atom. The Bertz CT molecular complexity index is 305. The van der Waals surface area contributed by atoms with Crippen LogP contribution in [0, 0.1) is 0 Å². The maximum absolute atomic E-state index is 10.3. The molecule has 0 fully saturated rings. The van der Waals surface area contributed by atoms with E-state index in [-0.39, 0.29) is 6.15 Å². The second kappa shape index (κ2) is 8.90. The predicted octanol–water partition coefficient (Wildman–Crippen LogP) is -0.996. The van der Waals surface area contributed by atoms with Gasteiger partial charge in [0.15, 0.2) is 5.60 Å². The van der Waals surface area contributed by atoms with E-state index >= 15 is 0 Å². The molecule has 0 aliphatic carbocycles. The van der Waals surface area contributed by atoms with Crippen LogP contribution in [0.3, 0.4) is 0 Å². The zero-order chi connectivity index (χ0) is 14.2. The highest BCUT2D eigenvalue weighted by Crippen LogP contribution is 2.15. The van der Waals surface area contributed by atoms with Crippen molar-refractivity contribution in [3.05, 3.63) is 0 Å². The minimum Gasteiger partial charge on any atom is -0.481 e. The van der Waals surface area contributed by atoms with E-state index in [1.54, 1.807) is 0 Å². The molecule has 0 rings (SSSR count). The van der Waals surface area contributed by atoms with Gasteiger partial charge >= 0.3 is 17.9 Å². The van der Waals surface area contributed by atoms with Crippen LogP contribution in [0.1, 0.15) is 19.8 Å². The van der Waals surface area contributed by atoms with Crippen molar-refractivity contribution in [2.24, 2.45) is 0 Å². The molecule has 0 aromatic carbocycles. The number of hydrogen-bond acceptors (Lipinski definition) is 6. The van der Waals surface area contributed by atoms with Crippen molar-refractivity contribution < 1.29 is 44.7 Å². The van der Waals surface area contributed by atoms with Gasteiger partial charge in [0.05, 0.1) is 12.8 Å². The molecule has 0 radical (unpaired) electrons. The number of aliphatic hydroxyl groups is 1. The van der Waals surface area contributed by atoms with Crippen molar-refractivity contribution in [2.45, 2.75) is 25.4 Å². The number of carbonyl (C=O) groups is 4.